The molecule has 0 unspecified atom stereocenters. The predicted octanol–water partition coefficient (Wildman–Crippen LogP) is 0.116. The lowest BCUT2D eigenvalue weighted by atomic mass is 10.4. The molecule has 0 fully saturated rings. The van der Waals surface area contributed by atoms with E-state index in [4.69, 9.17) is 5.73 Å². The average Bonchev–Trinajstić information content (AvgIpc) is 2.28. The number of aromatic nitrogens is 2. The second-order valence-electron chi connectivity index (χ2n) is 2.97. The van der Waals surface area contributed by atoms with Gasteiger partial charge in [-0.05, 0) is 6.26 Å². The number of hydrogen-bond donors (Lipinski definition) is 1. The Kier molecular flexibility index (Phi) is 4.51. The van der Waals surface area contributed by atoms with Crippen molar-refractivity contribution in [1.29, 1.82) is 0 Å². The van der Waals surface area contributed by atoms with Gasteiger partial charge in [0.1, 0.15) is 5.03 Å². The summed E-state index contributed by atoms with van der Waals surface area (Å²) in [6.07, 6.45) is 5.19. The molecular weight excluding hydrogens is 212 g/mol. The number of rotatable bonds is 4. The highest BCUT2D eigenvalue weighted by molar-refractivity contribution is 7.98. The van der Waals surface area contributed by atoms with Crippen LogP contribution in [0, 0.1) is 0 Å². The Balaban J connectivity index is 2.75. The lowest BCUT2D eigenvalue weighted by Crippen LogP contribution is -2.32. The van der Waals surface area contributed by atoms with Crippen LogP contribution in [-0.2, 0) is 11.3 Å². The Bertz CT molecular complexity index is 345. The summed E-state index contributed by atoms with van der Waals surface area (Å²) in [5.41, 5.74) is 6.06. The number of likely N-dealkylation sites (N-methyl/N-ethyl adjacent to an activating group) is 1. The highest BCUT2D eigenvalue weighted by Crippen LogP contribution is 2.15. The van der Waals surface area contributed by atoms with Gasteiger partial charge in [0.25, 0.3) is 0 Å². The fraction of sp³-hybridized carbons (Fsp3) is 0.444. The zero-order valence-corrected chi connectivity index (χ0v) is 9.62. The first-order valence-electron chi connectivity index (χ1n) is 4.47. The highest BCUT2D eigenvalue weighted by atomic mass is 32.2. The summed E-state index contributed by atoms with van der Waals surface area (Å²) >= 11 is 1.51. The zero-order valence-electron chi connectivity index (χ0n) is 8.80. The van der Waals surface area contributed by atoms with Crippen molar-refractivity contribution >= 4 is 17.7 Å². The molecule has 0 aliphatic heterocycles. The smallest absolute Gasteiger partial charge is 0.236 e. The van der Waals surface area contributed by atoms with Gasteiger partial charge < -0.3 is 10.6 Å². The first-order valence-corrected chi connectivity index (χ1v) is 5.69. The van der Waals surface area contributed by atoms with Crippen molar-refractivity contribution in [3.05, 3.63) is 18.1 Å². The van der Waals surface area contributed by atoms with E-state index in [1.54, 1.807) is 24.3 Å². The Labute approximate surface area is 93.1 Å². The van der Waals surface area contributed by atoms with E-state index in [2.05, 4.69) is 9.97 Å². The van der Waals surface area contributed by atoms with Gasteiger partial charge in [-0.15, -0.1) is 11.8 Å². The fourth-order valence-corrected chi connectivity index (χ4v) is 1.62. The van der Waals surface area contributed by atoms with Crippen LogP contribution >= 0.6 is 11.8 Å². The van der Waals surface area contributed by atoms with Gasteiger partial charge in [-0.25, -0.2) is 4.98 Å². The second-order valence-corrected chi connectivity index (χ2v) is 3.76. The third-order valence-electron chi connectivity index (χ3n) is 1.92. The van der Waals surface area contributed by atoms with Crippen molar-refractivity contribution in [2.24, 2.45) is 5.73 Å². The molecule has 1 aromatic rings. The van der Waals surface area contributed by atoms with Crippen LogP contribution in [0.2, 0.25) is 0 Å². The molecule has 0 aliphatic carbocycles. The van der Waals surface area contributed by atoms with E-state index in [0.717, 1.165) is 10.7 Å². The minimum absolute atomic E-state index is 0.0192. The van der Waals surface area contributed by atoms with E-state index in [1.165, 1.54) is 11.8 Å². The van der Waals surface area contributed by atoms with Crippen LogP contribution in [-0.4, -0.2) is 40.6 Å². The average molecular weight is 226 g/mol. The van der Waals surface area contributed by atoms with Crippen LogP contribution in [0.25, 0.3) is 0 Å². The largest absolute Gasteiger partial charge is 0.339 e. The number of carbonyl (C=O) groups is 1. The molecule has 0 radical (unpaired) electrons. The third-order valence-corrected chi connectivity index (χ3v) is 2.64. The van der Waals surface area contributed by atoms with Gasteiger partial charge >= 0.3 is 0 Å². The Morgan fingerprint density at radius 2 is 2.20 bits per heavy atom. The van der Waals surface area contributed by atoms with Crippen LogP contribution in [0.3, 0.4) is 0 Å². The van der Waals surface area contributed by atoms with Gasteiger partial charge in [0, 0.05) is 19.4 Å². The maximum absolute atomic E-state index is 11.3. The van der Waals surface area contributed by atoms with Crippen molar-refractivity contribution in [1.82, 2.24) is 14.9 Å². The first-order chi connectivity index (χ1) is 7.19. The number of carbonyl (C=O) groups excluding carboxylic acids is 1. The summed E-state index contributed by atoms with van der Waals surface area (Å²) in [6.45, 7) is 0.464. The van der Waals surface area contributed by atoms with Crippen molar-refractivity contribution in [2.45, 2.75) is 11.6 Å². The third kappa shape index (κ3) is 3.17. The molecule has 1 rings (SSSR count). The number of amides is 1. The molecule has 1 amide bonds. The molecule has 15 heavy (non-hydrogen) atoms. The SMILES string of the molecule is CSc1nccnc1CN(C)C(=O)CN. The van der Waals surface area contributed by atoms with Crippen LogP contribution < -0.4 is 5.73 Å². The lowest BCUT2D eigenvalue weighted by molar-refractivity contribution is -0.128. The molecule has 82 valence electrons. The molecule has 0 aromatic carbocycles. The fourth-order valence-electron chi connectivity index (χ4n) is 1.10. The molecular formula is C9H14N4OS. The number of nitrogens with two attached hydrogens (primary N) is 1. The summed E-state index contributed by atoms with van der Waals surface area (Å²) in [5, 5.41) is 0.842. The van der Waals surface area contributed by atoms with Crippen molar-refractivity contribution in [3.8, 4) is 0 Å². The van der Waals surface area contributed by atoms with Gasteiger partial charge in [-0.3, -0.25) is 9.78 Å². The number of nitrogens with zero attached hydrogens (tertiary/aromatic N) is 3. The standard InChI is InChI=1S/C9H14N4OS/c1-13(8(14)5-10)6-7-9(15-2)12-4-3-11-7/h3-4H,5-6,10H2,1-2H3. The Morgan fingerprint density at radius 1 is 1.53 bits per heavy atom. The number of hydrogen-bond acceptors (Lipinski definition) is 5. The molecule has 0 saturated carbocycles. The van der Waals surface area contributed by atoms with Crippen LogP contribution in [0.4, 0.5) is 0 Å². The Hall–Kier alpha value is -1.14. The molecule has 0 aliphatic rings. The van der Waals surface area contributed by atoms with Gasteiger partial charge in [0.15, 0.2) is 0 Å². The maximum atomic E-state index is 11.3. The van der Waals surface area contributed by atoms with E-state index >= 15 is 0 Å². The highest BCUT2D eigenvalue weighted by Gasteiger charge is 2.10. The summed E-state index contributed by atoms with van der Waals surface area (Å²) in [5.74, 6) is -0.104. The molecule has 0 saturated heterocycles. The van der Waals surface area contributed by atoms with Crippen molar-refractivity contribution in [2.75, 3.05) is 19.8 Å². The Morgan fingerprint density at radius 3 is 2.80 bits per heavy atom. The van der Waals surface area contributed by atoms with Crippen LogP contribution in [0.15, 0.2) is 17.4 Å². The predicted molar refractivity (Wildman–Crippen MR) is 59.3 cm³/mol. The van der Waals surface area contributed by atoms with Gasteiger partial charge in [0.05, 0.1) is 18.8 Å². The molecule has 0 bridgehead atoms. The zero-order chi connectivity index (χ0) is 11.3. The van der Waals surface area contributed by atoms with E-state index in [0.29, 0.717) is 6.54 Å². The van der Waals surface area contributed by atoms with Gasteiger partial charge in [-0.1, -0.05) is 0 Å². The number of thioether (sulfide) groups is 1. The minimum Gasteiger partial charge on any atom is -0.339 e. The molecule has 0 atom stereocenters. The first kappa shape index (κ1) is 11.9. The molecule has 2 N–H and O–H groups in total. The van der Waals surface area contributed by atoms with Crippen molar-refractivity contribution in [3.63, 3.8) is 0 Å². The summed E-state index contributed by atoms with van der Waals surface area (Å²) in [7, 11) is 1.70. The van der Waals surface area contributed by atoms with Crippen LogP contribution in [0.5, 0.6) is 0 Å². The minimum atomic E-state index is -0.104. The summed E-state index contributed by atoms with van der Waals surface area (Å²) < 4.78 is 0. The topological polar surface area (TPSA) is 72.1 Å². The van der Waals surface area contributed by atoms with Crippen LogP contribution in [0.1, 0.15) is 5.69 Å². The summed E-state index contributed by atoms with van der Waals surface area (Å²) in [6, 6.07) is 0. The van der Waals surface area contributed by atoms with Gasteiger partial charge in [0.2, 0.25) is 5.91 Å². The van der Waals surface area contributed by atoms with Crippen molar-refractivity contribution < 1.29 is 4.79 Å². The van der Waals surface area contributed by atoms with E-state index in [-0.39, 0.29) is 12.5 Å². The maximum Gasteiger partial charge on any atom is 0.236 e. The molecule has 6 heteroatoms. The summed E-state index contributed by atoms with van der Waals surface area (Å²) in [4.78, 5) is 21.2. The molecule has 1 aromatic heterocycles. The van der Waals surface area contributed by atoms with Gasteiger partial charge in [-0.2, -0.15) is 0 Å². The lowest BCUT2D eigenvalue weighted by Gasteiger charge is -2.16. The quantitative estimate of drug-likeness (QED) is 0.738. The second kappa shape index (κ2) is 5.67. The molecule has 0 spiro atoms. The van der Waals surface area contributed by atoms with E-state index in [1.807, 2.05) is 6.26 Å². The van der Waals surface area contributed by atoms with E-state index in [9.17, 15) is 4.79 Å². The van der Waals surface area contributed by atoms with E-state index < -0.39 is 0 Å². The molecule has 5 nitrogen and oxygen atoms in total. The molecule has 1 heterocycles. The monoisotopic (exact) mass is 226 g/mol. The normalized spacial score (nSPS) is 10.1.